The summed E-state index contributed by atoms with van der Waals surface area (Å²) in [7, 11) is 0. The SMILES string of the molecule is Cl.Cl.NCCCOC1CCN(C(=O)Cc2csc(Cc3ccccc3)n2)CC1. The Hall–Kier alpha value is -1.18. The number of nitrogens with two attached hydrogens (primary N) is 1. The van der Waals surface area contributed by atoms with Gasteiger partial charge in [0.05, 0.1) is 23.2 Å². The number of benzene rings is 1. The third-order valence-corrected chi connectivity index (χ3v) is 5.52. The van der Waals surface area contributed by atoms with E-state index in [4.69, 9.17) is 10.5 Å². The predicted molar refractivity (Wildman–Crippen MR) is 119 cm³/mol. The van der Waals surface area contributed by atoms with E-state index in [0.29, 0.717) is 13.0 Å². The van der Waals surface area contributed by atoms with Crippen molar-refractivity contribution in [2.45, 2.75) is 38.2 Å². The van der Waals surface area contributed by atoms with Gasteiger partial charge in [-0.1, -0.05) is 30.3 Å². The summed E-state index contributed by atoms with van der Waals surface area (Å²) < 4.78 is 5.80. The highest BCUT2D eigenvalue weighted by Gasteiger charge is 2.23. The fourth-order valence-corrected chi connectivity index (χ4v) is 3.98. The second kappa shape index (κ2) is 13.1. The molecule has 2 heterocycles. The number of hydrogen-bond acceptors (Lipinski definition) is 5. The maximum absolute atomic E-state index is 12.5. The summed E-state index contributed by atoms with van der Waals surface area (Å²) in [6.07, 6.45) is 4.20. The molecule has 2 N–H and O–H groups in total. The largest absolute Gasteiger partial charge is 0.378 e. The van der Waals surface area contributed by atoms with Crippen molar-refractivity contribution in [2.75, 3.05) is 26.2 Å². The normalized spacial score (nSPS) is 14.2. The summed E-state index contributed by atoms with van der Waals surface area (Å²) in [5, 5.41) is 3.07. The molecule has 1 fully saturated rings. The topological polar surface area (TPSA) is 68.5 Å². The van der Waals surface area contributed by atoms with Gasteiger partial charge in [0.2, 0.25) is 5.91 Å². The molecule has 0 unspecified atom stereocenters. The Labute approximate surface area is 183 Å². The van der Waals surface area contributed by atoms with E-state index in [1.807, 2.05) is 28.5 Å². The maximum atomic E-state index is 12.5. The van der Waals surface area contributed by atoms with E-state index < -0.39 is 0 Å². The molecule has 1 aromatic heterocycles. The van der Waals surface area contributed by atoms with E-state index in [1.165, 1.54) is 5.56 Å². The highest BCUT2D eigenvalue weighted by atomic mass is 35.5. The Morgan fingerprint density at radius 1 is 1.21 bits per heavy atom. The molecule has 0 aliphatic carbocycles. The minimum absolute atomic E-state index is 0. The van der Waals surface area contributed by atoms with Crippen molar-refractivity contribution in [2.24, 2.45) is 5.73 Å². The molecule has 1 amide bonds. The number of ether oxygens (including phenoxy) is 1. The van der Waals surface area contributed by atoms with Gasteiger partial charge in [-0.05, 0) is 31.4 Å². The Kier molecular flexibility index (Phi) is 11.6. The number of likely N-dealkylation sites (tertiary alicyclic amines) is 1. The molecular formula is C20H29Cl2N3O2S. The summed E-state index contributed by atoms with van der Waals surface area (Å²) in [5.74, 6) is 0.168. The number of hydrogen-bond donors (Lipinski definition) is 1. The lowest BCUT2D eigenvalue weighted by molar-refractivity contribution is -0.133. The molecule has 3 rings (SSSR count). The monoisotopic (exact) mass is 445 g/mol. The molecule has 0 bridgehead atoms. The lowest BCUT2D eigenvalue weighted by Crippen LogP contribution is -2.41. The first-order chi connectivity index (χ1) is 12.7. The molecule has 1 saturated heterocycles. The van der Waals surface area contributed by atoms with E-state index in [2.05, 4.69) is 17.1 Å². The number of halogens is 2. The van der Waals surface area contributed by atoms with E-state index in [0.717, 1.165) is 56.1 Å². The lowest BCUT2D eigenvalue weighted by atomic mass is 10.1. The highest BCUT2D eigenvalue weighted by molar-refractivity contribution is 7.09. The number of carbonyl (C=O) groups is 1. The van der Waals surface area contributed by atoms with Gasteiger partial charge in [-0.15, -0.1) is 36.2 Å². The summed E-state index contributed by atoms with van der Waals surface area (Å²) in [6.45, 7) is 2.93. The molecule has 5 nitrogen and oxygen atoms in total. The predicted octanol–water partition coefficient (Wildman–Crippen LogP) is 3.48. The summed E-state index contributed by atoms with van der Waals surface area (Å²) >= 11 is 1.63. The van der Waals surface area contributed by atoms with Gasteiger partial charge in [-0.3, -0.25) is 4.79 Å². The van der Waals surface area contributed by atoms with Gasteiger partial charge in [0.25, 0.3) is 0 Å². The van der Waals surface area contributed by atoms with E-state index in [-0.39, 0.29) is 36.8 Å². The third-order valence-electron chi connectivity index (χ3n) is 4.63. The molecule has 0 spiro atoms. The molecule has 0 atom stereocenters. The van der Waals surface area contributed by atoms with Crippen molar-refractivity contribution in [3.05, 3.63) is 52.0 Å². The molecule has 0 saturated carbocycles. The van der Waals surface area contributed by atoms with Crippen molar-refractivity contribution >= 4 is 42.1 Å². The number of rotatable bonds is 8. The zero-order valence-electron chi connectivity index (χ0n) is 15.9. The van der Waals surface area contributed by atoms with Crippen LogP contribution in [-0.2, 0) is 22.4 Å². The van der Waals surface area contributed by atoms with E-state index >= 15 is 0 Å². The number of nitrogens with zero attached hydrogens (tertiary/aromatic N) is 2. The Morgan fingerprint density at radius 3 is 2.61 bits per heavy atom. The first kappa shape index (κ1) is 24.9. The van der Waals surface area contributed by atoms with Gasteiger partial charge >= 0.3 is 0 Å². The van der Waals surface area contributed by atoms with Crippen LogP contribution in [0.15, 0.2) is 35.7 Å². The van der Waals surface area contributed by atoms with Crippen LogP contribution in [0.4, 0.5) is 0 Å². The van der Waals surface area contributed by atoms with Gasteiger partial charge in [0, 0.05) is 31.5 Å². The van der Waals surface area contributed by atoms with Crippen molar-refractivity contribution < 1.29 is 9.53 Å². The standard InChI is InChI=1S/C20H27N3O2S.2ClH/c21-9-4-12-25-18-7-10-23(11-8-18)20(24)14-17-15-26-19(22-17)13-16-5-2-1-3-6-16;;/h1-3,5-6,15,18H,4,7-14,21H2;2*1H. The zero-order chi connectivity index (χ0) is 18.2. The van der Waals surface area contributed by atoms with Gasteiger partial charge in [0.15, 0.2) is 0 Å². The fourth-order valence-electron chi connectivity index (χ4n) is 3.15. The Balaban J connectivity index is 0.00000196. The zero-order valence-corrected chi connectivity index (χ0v) is 18.4. The lowest BCUT2D eigenvalue weighted by Gasteiger charge is -2.32. The second-order valence-electron chi connectivity index (χ2n) is 6.66. The average molecular weight is 446 g/mol. The number of carbonyl (C=O) groups excluding carboxylic acids is 1. The number of amides is 1. The van der Waals surface area contributed by atoms with Crippen LogP contribution in [0.3, 0.4) is 0 Å². The highest BCUT2D eigenvalue weighted by Crippen LogP contribution is 2.18. The number of piperidine rings is 1. The summed E-state index contributed by atoms with van der Waals surface area (Å²) in [6, 6.07) is 10.3. The van der Waals surface area contributed by atoms with Crippen LogP contribution in [0.1, 0.15) is 35.5 Å². The molecule has 1 aliphatic rings. The number of thiazole rings is 1. The maximum Gasteiger partial charge on any atom is 0.228 e. The van der Waals surface area contributed by atoms with Crippen molar-refractivity contribution in [1.82, 2.24) is 9.88 Å². The number of aromatic nitrogens is 1. The van der Waals surface area contributed by atoms with E-state index in [1.54, 1.807) is 11.3 Å². The third kappa shape index (κ3) is 7.68. The Bertz CT molecular complexity index is 692. The smallest absolute Gasteiger partial charge is 0.228 e. The summed E-state index contributed by atoms with van der Waals surface area (Å²) in [4.78, 5) is 19.1. The first-order valence-electron chi connectivity index (χ1n) is 9.31. The quantitative estimate of drug-likeness (QED) is 0.631. The average Bonchev–Trinajstić information content (AvgIpc) is 3.10. The van der Waals surface area contributed by atoms with Gasteiger partial charge in [-0.25, -0.2) is 4.98 Å². The fraction of sp³-hybridized carbons (Fsp3) is 0.500. The second-order valence-corrected chi connectivity index (χ2v) is 7.61. The van der Waals surface area contributed by atoms with Gasteiger partial charge in [-0.2, -0.15) is 0 Å². The van der Waals surface area contributed by atoms with Crippen LogP contribution >= 0.6 is 36.2 Å². The van der Waals surface area contributed by atoms with Crippen LogP contribution in [0, 0.1) is 0 Å². The molecule has 1 aromatic carbocycles. The van der Waals surface area contributed by atoms with Crippen molar-refractivity contribution in [3.8, 4) is 0 Å². The van der Waals surface area contributed by atoms with Crippen molar-refractivity contribution in [1.29, 1.82) is 0 Å². The molecule has 1 aliphatic heterocycles. The van der Waals surface area contributed by atoms with Gasteiger partial charge in [0.1, 0.15) is 0 Å². The van der Waals surface area contributed by atoms with Crippen LogP contribution < -0.4 is 5.73 Å². The molecule has 0 radical (unpaired) electrons. The molecule has 8 heteroatoms. The van der Waals surface area contributed by atoms with E-state index in [9.17, 15) is 4.79 Å². The molecule has 28 heavy (non-hydrogen) atoms. The Morgan fingerprint density at radius 2 is 1.93 bits per heavy atom. The van der Waals surface area contributed by atoms with Gasteiger partial charge < -0.3 is 15.4 Å². The molecular weight excluding hydrogens is 417 g/mol. The summed E-state index contributed by atoms with van der Waals surface area (Å²) in [5.41, 5.74) is 7.61. The molecule has 156 valence electrons. The van der Waals surface area contributed by atoms with Crippen LogP contribution in [0.25, 0.3) is 0 Å². The first-order valence-corrected chi connectivity index (χ1v) is 10.2. The van der Waals surface area contributed by atoms with Crippen LogP contribution in [0.5, 0.6) is 0 Å². The minimum Gasteiger partial charge on any atom is -0.378 e. The van der Waals surface area contributed by atoms with Crippen molar-refractivity contribution in [3.63, 3.8) is 0 Å². The van der Waals surface area contributed by atoms with Crippen LogP contribution in [0.2, 0.25) is 0 Å². The molecule has 2 aromatic rings. The minimum atomic E-state index is 0. The van der Waals surface area contributed by atoms with Crippen LogP contribution in [-0.4, -0.2) is 48.1 Å².